The van der Waals surface area contributed by atoms with E-state index in [0.717, 1.165) is 66.4 Å². The minimum atomic E-state index is -2.37. The minimum Gasteiger partial charge on any atom is -0.487 e. The lowest BCUT2D eigenvalue weighted by molar-refractivity contribution is -0.140. The average molecular weight is 697 g/mol. The number of esters is 2. The van der Waals surface area contributed by atoms with E-state index in [4.69, 9.17) is 9.47 Å². The molecule has 3 rings (SSSR count). The van der Waals surface area contributed by atoms with Crippen molar-refractivity contribution in [2.75, 3.05) is 0 Å². The summed E-state index contributed by atoms with van der Waals surface area (Å²) in [5, 5.41) is 0. The van der Waals surface area contributed by atoms with Crippen LogP contribution in [0.2, 0.25) is 0 Å². The Bertz CT molecular complexity index is 1460. The van der Waals surface area contributed by atoms with Gasteiger partial charge in [0.15, 0.2) is 0 Å². The Balaban J connectivity index is 1.52. The summed E-state index contributed by atoms with van der Waals surface area (Å²) in [6.45, 7) is 17.0. The summed E-state index contributed by atoms with van der Waals surface area (Å²) in [7, 11) is 0. The summed E-state index contributed by atoms with van der Waals surface area (Å²) in [6.07, 6.45) is 11.3. The van der Waals surface area contributed by atoms with E-state index in [-0.39, 0.29) is 5.60 Å². The molecular formula is C39H53F5O5. The number of hydrogen-bond acceptors (Lipinski definition) is 5. The quantitative estimate of drug-likeness (QED) is 0.0542. The minimum absolute atomic E-state index is 0.310. The van der Waals surface area contributed by atoms with E-state index in [1.807, 2.05) is 20.8 Å². The van der Waals surface area contributed by atoms with Gasteiger partial charge >= 0.3 is 11.9 Å². The fourth-order valence-electron chi connectivity index (χ4n) is 6.62. The molecule has 0 bridgehead atoms. The molecule has 0 saturated carbocycles. The maximum atomic E-state index is 13.9. The molecule has 0 aromatic heterocycles. The highest BCUT2D eigenvalue weighted by Crippen LogP contribution is 2.45. The number of benzene rings is 2. The van der Waals surface area contributed by atoms with Crippen molar-refractivity contribution >= 4 is 11.9 Å². The number of halogens is 5. The third kappa shape index (κ3) is 10.7. The Morgan fingerprint density at radius 3 is 1.67 bits per heavy atom. The topological polar surface area (TPSA) is 61.8 Å². The fourth-order valence-corrected chi connectivity index (χ4v) is 6.62. The van der Waals surface area contributed by atoms with Crippen molar-refractivity contribution in [1.29, 1.82) is 0 Å². The van der Waals surface area contributed by atoms with Crippen LogP contribution >= 0.6 is 0 Å². The summed E-state index contributed by atoms with van der Waals surface area (Å²) in [5.41, 5.74) is 2.92. The van der Waals surface area contributed by atoms with Gasteiger partial charge in [0.2, 0.25) is 34.8 Å². The van der Waals surface area contributed by atoms with Crippen LogP contribution < -0.4 is 14.2 Å². The Labute approximate surface area is 288 Å². The first-order valence-electron chi connectivity index (χ1n) is 17.7. The van der Waals surface area contributed by atoms with Crippen molar-refractivity contribution < 1.29 is 45.8 Å². The number of fused-ring (bicyclic) bond motifs is 1. The third-order valence-corrected chi connectivity index (χ3v) is 9.97. The smallest absolute Gasteiger partial charge is 0.311 e. The maximum Gasteiger partial charge on any atom is 0.311 e. The third-order valence-electron chi connectivity index (χ3n) is 9.97. The average Bonchev–Trinajstić information content (AvgIpc) is 3.04. The van der Waals surface area contributed by atoms with Crippen LogP contribution in [0, 0.1) is 67.6 Å². The first-order chi connectivity index (χ1) is 23.0. The standard InChI is InChI=1S/C39H53F5O5/c1-22(2)12-9-13-23(3)14-10-15-24(4)16-11-20-39(8)21-19-28-27(7)36(25(5)26(6)37(28)49-39)47-29(45)17-18-30(46)48-38-34(43)32(41)31(40)33(42)35(38)44/h22-24H,9-21H2,1-8H3. The lowest BCUT2D eigenvalue weighted by atomic mass is 9.83. The van der Waals surface area contributed by atoms with Gasteiger partial charge in [0.05, 0.1) is 12.8 Å². The molecule has 0 saturated heterocycles. The highest BCUT2D eigenvalue weighted by Gasteiger charge is 2.35. The Morgan fingerprint density at radius 1 is 0.673 bits per heavy atom. The van der Waals surface area contributed by atoms with Crippen molar-refractivity contribution in [3.63, 3.8) is 0 Å². The predicted molar refractivity (Wildman–Crippen MR) is 179 cm³/mol. The second kappa shape index (κ2) is 17.7. The first kappa shape index (κ1) is 40.3. The van der Waals surface area contributed by atoms with Gasteiger partial charge in [-0.25, -0.2) is 13.2 Å². The molecule has 0 aliphatic carbocycles. The van der Waals surface area contributed by atoms with Crippen LogP contribution in [0.25, 0.3) is 0 Å². The molecule has 5 nitrogen and oxygen atoms in total. The van der Waals surface area contributed by atoms with E-state index in [0.29, 0.717) is 17.2 Å². The van der Waals surface area contributed by atoms with Gasteiger partial charge in [0.1, 0.15) is 17.1 Å². The van der Waals surface area contributed by atoms with Gasteiger partial charge < -0.3 is 14.2 Å². The lowest BCUT2D eigenvalue weighted by Gasteiger charge is -2.38. The van der Waals surface area contributed by atoms with Crippen molar-refractivity contribution in [2.45, 2.75) is 144 Å². The van der Waals surface area contributed by atoms with Crippen LogP contribution in [0.1, 0.15) is 134 Å². The van der Waals surface area contributed by atoms with E-state index >= 15 is 0 Å². The van der Waals surface area contributed by atoms with E-state index < -0.39 is 59.6 Å². The fraction of sp³-hybridized carbons (Fsp3) is 0.641. The highest BCUT2D eigenvalue weighted by atomic mass is 19.2. The Hall–Kier alpha value is -3.17. The molecule has 1 aliphatic rings. The van der Waals surface area contributed by atoms with Crippen LogP contribution in [-0.2, 0) is 16.0 Å². The number of carbonyl (C=O) groups excluding carboxylic acids is 2. The molecule has 0 spiro atoms. The summed E-state index contributed by atoms with van der Waals surface area (Å²) in [4.78, 5) is 24.8. The zero-order valence-corrected chi connectivity index (χ0v) is 30.4. The summed E-state index contributed by atoms with van der Waals surface area (Å²) in [6, 6.07) is 0. The summed E-state index contributed by atoms with van der Waals surface area (Å²) >= 11 is 0. The van der Waals surface area contributed by atoms with Gasteiger partial charge in [-0.15, -0.1) is 0 Å². The SMILES string of the molecule is Cc1c(C)c2c(c(C)c1OC(=O)CCC(=O)Oc1c(F)c(F)c(F)c(F)c1F)CCC(C)(CCCC(C)CCCC(C)CCCC(C)C)O2. The van der Waals surface area contributed by atoms with Gasteiger partial charge in [-0.05, 0) is 87.8 Å². The number of hydrogen-bond donors (Lipinski definition) is 0. The second-order valence-electron chi connectivity index (χ2n) is 14.8. The molecular weight excluding hydrogens is 643 g/mol. The Kier molecular flexibility index (Phi) is 14.5. The predicted octanol–water partition coefficient (Wildman–Crippen LogP) is 11.1. The van der Waals surface area contributed by atoms with Gasteiger partial charge in [-0.2, -0.15) is 8.78 Å². The van der Waals surface area contributed by atoms with E-state index in [1.165, 1.54) is 38.5 Å². The van der Waals surface area contributed by atoms with Gasteiger partial charge in [0.25, 0.3) is 0 Å². The highest BCUT2D eigenvalue weighted by molar-refractivity contribution is 5.81. The molecule has 0 fully saturated rings. The molecule has 1 aliphatic heterocycles. The summed E-state index contributed by atoms with van der Waals surface area (Å²) < 4.78 is 84.5. The van der Waals surface area contributed by atoms with Crippen molar-refractivity contribution in [3.8, 4) is 17.2 Å². The van der Waals surface area contributed by atoms with Crippen molar-refractivity contribution in [3.05, 3.63) is 51.3 Å². The first-order valence-corrected chi connectivity index (χ1v) is 17.7. The number of rotatable bonds is 17. The van der Waals surface area contributed by atoms with Gasteiger partial charge in [-0.3, -0.25) is 9.59 Å². The Morgan fingerprint density at radius 2 is 1.14 bits per heavy atom. The van der Waals surface area contributed by atoms with E-state index in [1.54, 1.807) is 0 Å². The van der Waals surface area contributed by atoms with Gasteiger partial charge in [-0.1, -0.05) is 72.6 Å². The van der Waals surface area contributed by atoms with Crippen LogP contribution in [-0.4, -0.2) is 17.5 Å². The molecule has 0 radical (unpaired) electrons. The molecule has 2 aromatic rings. The molecule has 274 valence electrons. The monoisotopic (exact) mass is 696 g/mol. The summed E-state index contributed by atoms with van der Waals surface area (Å²) in [5.74, 6) is -11.9. The van der Waals surface area contributed by atoms with Gasteiger partial charge in [0, 0.05) is 5.56 Å². The molecule has 3 atom stereocenters. The van der Waals surface area contributed by atoms with Crippen molar-refractivity contribution in [2.24, 2.45) is 17.8 Å². The van der Waals surface area contributed by atoms with Crippen LogP contribution in [0.3, 0.4) is 0 Å². The molecule has 1 heterocycles. The maximum absolute atomic E-state index is 13.9. The zero-order chi connectivity index (χ0) is 36.6. The lowest BCUT2D eigenvalue weighted by Crippen LogP contribution is -2.37. The van der Waals surface area contributed by atoms with E-state index in [9.17, 15) is 31.5 Å². The van der Waals surface area contributed by atoms with E-state index in [2.05, 4.69) is 39.4 Å². The zero-order valence-electron chi connectivity index (χ0n) is 30.4. The molecule has 3 unspecified atom stereocenters. The van der Waals surface area contributed by atoms with Crippen LogP contribution in [0.15, 0.2) is 0 Å². The number of carbonyl (C=O) groups is 2. The molecule has 10 heteroatoms. The van der Waals surface area contributed by atoms with Crippen LogP contribution in [0.5, 0.6) is 17.2 Å². The molecule has 2 aromatic carbocycles. The number of ether oxygens (including phenoxy) is 3. The molecule has 49 heavy (non-hydrogen) atoms. The molecule has 0 amide bonds. The second-order valence-corrected chi connectivity index (χ2v) is 14.8. The van der Waals surface area contributed by atoms with Crippen LogP contribution in [0.4, 0.5) is 22.0 Å². The normalized spacial score (nSPS) is 17.0. The largest absolute Gasteiger partial charge is 0.487 e. The molecule has 0 N–H and O–H groups in total. The van der Waals surface area contributed by atoms with Crippen molar-refractivity contribution in [1.82, 2.24) is 0 Å².